The van der Waals surface area contributed by atoms with Crippen LogP contribution in [0.2, 0.25) is 0 Å². The minimum absolute atomic E-state index is 0.0455. The maximum absolute atomic E-state index is 12.7. The molecular formula is C19H24N4O3. The highest BCUT2D eigenvalue weighted by molar-refractivity contribution is 5.97. The molecule has 0 atom stereocenters. The van der Waals surface area contributed by atoms with Crippen molar-refractivity contribution in [3.63, 3.8) is 0 Å². The normalized spacial score (nSPS) is 14.6. The Kier molecular flexibility index (Phi) is 5.25. The Labute approximate surface area is 153 Å². The summed E-state index contributed by atoms with van der Waals surface area (Å²) in [7, 11) is 1.57. The summed E-state index contributed by atoms with van der Waals surface area (Å²) in [6, 6.07) is 7.09. The Bertz CT molecular complexity index is 786. The molecule has 0 radical (unpaired) electrons. The minimum atomic E-state index is -0.141. The number of methoxy groups -OCH3 is 1. The Morgan fingerprint density at radius 2 is 1.88 bits per heavy atom. The van der Waals surface area contributed by atoms with Crippen LogP contribution in [0.4, 0.5) is 5.82 Å². The zero-order chi connectivity index (χ0) is 18.7. The molecule has 0 unspecified atom stereocenters. The first-order valence-corrected chi connectivity index (χ1v) is 8.72. The predicted molar refractivity (Wildman–Crippen MR) is 98.9 cm³/mol. The molecule has 0 bridgehead atoms. The molecule has 1 amide bonds. The second kappa shape index (κ2) is 7.59. The highest BCUT2D eigenvalue weighted by Gasteiger charge is 2.25. The Morgan fingerprint density at radius 1 is 1.15 bits per heavy atom. The summed E-state index contributed by atoms with van der Waals surface area (Å²) in [5, 5.41) is 10.2. The van der Waals surface area contributed by atoms with Gasteiger partial charge in [-0.05, 0) is 23.6 Å². The number of amides is 1. The fourth-order valence-electron chi connectivity index (χ4n) is 3.01. The van der Waals surface area contributed by atoms with Gasteiger partial charge in [0.05, 0.1) is 12.7 Å². The molecule has 0 saturated carbocycles. The van der Waals surface area contributed by atoms with E-state index in [1.807, 2.05) is 6.07 Å². The Hall–Kier alpha value is -2.83. The van der Waals surface area contributed by atoms with Crippen molar-refractivity contribution in [2.75, 3.05) is 38.2 Å². The lowest BCUT2D eigenvalue weighted by molar-refractivity contribution is 0.0743. The van der Waals surface area contributed by atoms with Crippen LogP contribution in [-0.2, 0) is 0 Å². The lowest BCUT2D eigenvalue weighted by atomic mass is 10.0. The number of nitrogens with zero attached hydrogens (tertiary/aromatic N) is 4. The number of phenols is 1. The van der Waals surface area contributed by atoms with E-state index in [0.29, 0.717) is 43.5 Å². The second-order valence-electron chi connectivity index (χ2n) is 6.63. The second-order valence-corrected chi connectivity index (χ2v) is 6.63. The van der Waals surface area contributed by atoms with Gasteiger partial charge in [-0.1, -0.05) is 19.9 Å². The molecule has 1 aliphatic rings. The summed E-state index contributed by atoms with van der Waals surface area (Å²) in [6.07, 6.45) is 1.47. The highest BCUT2D eigenvalue weighted by Crippen LogP contribution is 2.25. The van der Waals surface area contributed by atoms with Crippen LogP contribution in [0.3, 0.4) is 0 Å². The highest BCUT2D eigenvalue weighted by atomic mass is 16.5. The van der Waals surface area contributed by atoms with E-state index in [4.69, 9.17) is 4.74 Å². The van der Waals surface area contributed by atoms with Crippen molar-refractivity contribution < 1.29 is 14.6 Å². The van der Waals surface area contributed by atoms with Gasteiger partial charge in [0.25, 0.3) is 5.91 Å². The van der Waals surface area contributed by atoms with Gasteiger partial charge in [-0.2, -0.15) is 0 Å². The van der Waals surface area contributed by atoms with E-state index in [1.54, 1.807) is 30.2 Å². The van der Waals surface area contributed by atoms with Crippen LogP contribution in [0.5, 0.6) is 11.6 Å². The Balaban J connectivity index is 1.67. The molecule has 0 spiro atoms. The van der Waals surface area contributed by atoms with Gasteiger partial charge in [-0.3, -0.25) is 4.79 Å². The number of piperazine rings is 1. The van der Waals surface area contributed by atoms with Crippen molar-refractivity contribution in [3.8, 4) is 11.6 Å². The summed E-state index contributed by atoms with van der Waals surface area (Å²) < 4.78 is 5.13. The van der Waals surface area contributed by atoms with Gasteiger partial charge in [0, 0.05) is 32.2 Å². The van der Waals surface area contributed by atoms with Crippen LogP contribution in [0.1, 0.15) is 35.7 Å². The molecule has 26 heavy (non-hydrogen) atoms. The van der Waals surface area contributed by atoms with Crippen molar-refractivity contribution >= 4 is 11.7 Å². The van der Waals surface area contributed by atoms with Crippen LogP contribution < -0.4 is 9.64 Å². The van der Waals surface area contributed by atoms with Gasteiger partial charge in [-0.25, -0.2) is 9.97 Å². The van der Waals surface area contributed by atoms with Crippen molar-refractivity contribution in [2.24, 2.45) is 0 Å². The van der Waals surface area contributed by atoms with Gasteiger partial charge < -0.3 is 19.6 Å². The van der Waals surface area contributed by atoms with Crippen LogP contribution in [0.15, 0.2) is 30.6 Å². The number of hydrogen-bond donors (Lipinski definition) is 1. The van der Waals surface area contributed by atoms with Gasteiger partial charge in [0.1, 0.15) is 17.9 Å². The zero-order valence-electron chi connectivity index (χ0n) is 15.3. The molecule has 0 aliphatic carbocycles. The largest absolute Gasteiger partial charge is 0.507 e. The number of aromatic nitrogens is 2. The fourth-order valence-corrected chi connectivity index (χ4v) is 3.01. The quantitative estimate of drug-likeness (QED) is 0.905. The van der Waals surface area contributed by atoms with Crippen LogP contribution in [-0.4, -0.2) is 59.2 Å². The van der Waals surface area contributed by atoms with E-state index in [-0.39, 0.29) is 11.7 Å². The number of benzene rings is 1. The first-order chi connectivity index (χ1) is 12.5. The third kappa shape index (κ3) is 3.71. The lowest BCUT2D eigenvalue weighted by Crippen LogP contribution is -2.49. The van der Waals surface area contributed by atoms with E-state index >= 15 is 0 Å². The average molecular weight is 356 g/mol. The molecule has 7 nitrogen and oxygen atoms in total. The summed E-state index contributed by atoms with van der Waals surface area (Å²) in [6.45, 7) is 6.57. The molecule has 1 saturated heterocycles. The number of phenolic OH excluding ortho intramolecular Hbond substituents is 1. The standard InChI is InChI=1S/C19H24N4O3/c1-13(2)14-4-5-15(16(24)10-14)19(25)23-8-6-22(7-9-23)17-11-18(26-3)21-12-20-17/h4-5,10-13,24H,6-9H2,1-3H3. The van der Waals surface area contributed by atoms with Crippen LogP contribution in [0.25, 0.3) is 0 Å². The van der Waals surface area contributed by atoms with Gasteiger partial charge in [0.15, 0.2) is 0 Å². The zero-order valence-corrected chi connectivity index (χ0v) is 15.3. The third-order valence-electron chi connectivity index (χ3n) is 4.65. The van der Waals surface area contributed by atoms with Gasteiger partial charge in [-0.15, -0.1) is 0 Å². The summed E-state index contributed by atoms with van der Waals surface area (Å²) in [5.41, 5.74) is 1.37. The molecule has 3 rings (SSSR count). The van der Waals surface area contributed by atoms with E-state index in [2.05, 4.69) is 28.7 Å². The molecule has 2 heterocycles. The van der Waals surface area contributed by atoms with Crippen LogP contribution in [0, 0.1) is 0 Å². The van der Waals surface area contributed by atoms with Crippen molar-refractivity contribution in [1.29, 1.82) is 0 Å². The summed E-state index contributed by atoms with van der Waals surface area (Å²) in [5.74, 6) is 1.51. The fraction of sp³-hybridized carbons (Fsp3) is 0.421. The van der Waals surface area contributed by atoms with E-state index in [1.165, 1.54) is 6.33 Å². The number of carbonyl (C=O) groups excluding carboxylic acids is 1. The number of anilines is 1. The number of hydrogen-bond acceptors (Lipinski definition) is 6. The molecule has 1 aliphatic heterocycles. The average Bonchev–Trinajstić information content (AvgIpc) is 2.67. The van der Waals surface area contributed by atoms with Crippen molar-refractivity contribution in [3.05, 3.63) is 41.7 Å². The molecule has 1 aromatic carbocycles. The molecular weight excluding hydrogens is 332 g/mol. The van der Waals surface area contributed by atoms with Crippen LogP contribution >= 0.6 is 0 Å². The first kappa shape index (κ1) is 18.0. The summed E-state index contributed by atoms with van der Waals surface area (Å²) >= 11 is 0. The number of carbonyl (C=O) groups is 1. The van der Waals surface area contributed by atoms with Crippen molar-refractivity contribution in [2.45, 2.75) is 19.8 Å². The maximum atomic E-state index is 12.7. The van der Waals surface area contributed by atoms with Gasteiger partial charge >= 0.3 is 0 Å². The predicted octanol–water partition coefficient (Wildman–Crippen LogP) is 2.28. The SMILES string of the molecule is COc1cc(N2CCN(C(=O)c3ccc(C(C)C)cc3O)CC2)ncn1. The smallest absolute Gasteiger partial charge is 0.257 e. The van der Waals surface area contributed by atoms with Gasteiger partial charge in [0.2, 0.25) is 5.88 Å². The van der Waals surface area contributed by atoms with E-state index < -0.39 is 0 Å². The lowest BCUT2D eigenvalue weighted by Gasteiger charge is -2.35. The topological polar surface area (TPSA) is 78.8 Å². The molecule has 1 fully saturated rings. The first-order valence-electron chi connectivity index (χ1n) is 8.72. The summed E-state index contributed by atoms with van der Waals surface area (Å²) in [4.78, 5) is 24.9. The number of ether oxygens (including phenoxy) is 1. The minimum Gasteiger partial charge on any atom is -0.507 e. The van der Waals surface area contributed by atoms with Crippen molar-refractivity contribution in [1.82, 2.24) is 14.9 Å². The molecule has 138 valence electrons. The third-order valence-corrected chi connectivity index (χ3v) is 4.65. The molecule has 1 aromatic heterocycles. The maximum Gasteiger partial charge on any atom is 0.257 e. The number of aromatic hydroxyl groups is 1. The van der Waals surface area contributed by atoms with E-state index in [9.17, 15) is 9.90 Å². The Morgan fingerprint density at radius 3 is 2.50 bits per heavy atom. The molecule has 1 N–H and O–H groups in total. The molecule has 2 aromatic rings. The van der Waals surface area contributed by atoms with E-state index in [0.717, 1.165) is 11.4 Å². The molecule has 7 heteroatoms. The number of rotatable bonds is 4. The monoisotopic (exact) mass is 356 g/mol.